The average molecular weight is 266 g/mol. The maximum atomic E-state index is 11.3. The van der Waals surface area contributed by atoms with Crippen LogP contribution in [0, 0.1) is 12.8 Å². The summed E-state index contributed by atoms with van der Waals surface area (Å²) in [5.41, 5.74) is 6.03. The molecule has 2 heterocycles. The molecule has 3 N–H and O–H groups in total. The summed E-state index contributed by atoms with van der Waals surface area (Å²) in [5, 5.41) is 13.4. The Hall–Kier alpha value is -2.05. The highest BCUT2D eigenvalue weighted by atomic mass is 16.4. The van der Waals surface area contributed by atoms with E-state index >= 15 is 0 Å². The smallest absolute Gasteiger partial charge is 0.341 e. The third-order valence-corrected chi connectivity index (χ3v) is 3.60. The molecule has 2 rings (SSSR count). The van der Waals surface area contributed by atoms with E-state index in [1.54, 1.807) is 18.7 Å². The van der Waals surface area contributed by atoms with E-state index in [0.29, 0.717) is 37.4 Å². The SMILES string of the molecule is Cc1nn(C)c(N2CCC(C(N)=O)CC2)c1C(=O)O. The Balaban J connectivity index is 2.24. The number of piperidine rings is 1. The number of aryl methyl sites for hydroxylation is 2. The summed E-state index contributed by atoms with van der Waals surface area (Å²) < 4.78 is 1.59. The summed E-state index contributed by atoms with van der Waals surface area (Å²) in [4.78, 5) is 24.4. The van der Waals surface area contributed by atoms with Gasteiger partial charge in [-0.15, -0.1) is 0 Å². The molecule has 104 valence electrons. The number of nitrogens with zero attached hydrogens (tertiary/aromatic N) is 3. The first-order valence-electron chi connectivity index (χ1n) is 6.23. The van der Waals surface area contributed by atoms with Crippen molar-refractivity contribution >= 4 is 17.7 Å². The van der Waals surface area contributed by atoms with Crippen molar-refractivity contribution in [2.75, 3.05) is 18.0 Å². The van der Waals surface area contributed by atoms with Crippen LogP contribution in [0.15, 0.2) is 0 Å². The number of carbonyl (C=O) groups is 2. The molecular weight excluding hydrogens is 248 g/mol. The van der Waals surface area contributed by atoms with Gasteiger partial charge in [-0.05, 0) is 19.8 Å². The summed E-state index contributed by atoms with van der Waals surface area (Å²) in [7, 11) is 1.73. The summed E-state index contributed by atoms with van der Waals surface area (Å²) in [5.74, 6) is -0.760. The van der Waals surface area contributed by atoms with Crippen LogP contribution in [0.25, 0.3) is 0 Å². The van der Waals surface area contributed by atoms with E-state index in [1.165, 1.54) is 0 Å². The molecule has 0 aliphatic carbocycles. The normalized spacial score (nSPS) is 16.6. The summed E-state index contributed by atoms with van der Waals surface area (Å²) in [6.07, 6.45) is 1.30. The Morgan fingerprint density at radius 1 is 1.37 bits per heavy atom. The number of carboxylic acids is 1. The molecule has 1 fully saturated rings. The maximum Gasteiger partial charge on any atom is 0.341 e. The summed E-state index contributed by atoms with van der Waals surface area (Å²) in [6.45, 7) is 2.92. The lowest BCUT2D eigenvalue weighted by Gasteiger charge is -2.32. The Labute approximate surface area is 111 Å². The second kappa shape index (κ2) is 4.91. The lowest BCUT2D eigenvalue weighted by molar-refractivity contribution is -0.122. The van der Waals surface area contributed by atoms with Gasteiger partial charge < -0.3 is 15.7 Å². The largest absolute Gasteiger partial charge is 0.477 e. The van der Waals surface area contributed by atoms with Crippen LogP contribution in [0.3, 0.4) is 0 Å². The van der Waals surface area contributed by atoms with Crippen LogP contribution in [-0.4, -0.2) is 39.9 Å². The van der Waals surface area contributed by atoms with E-state index in [4.69, 9.17) is 5.73 Å². The molecule has 0 bridgehead atoms. The molecule has 1 aromatic heterocycles. The van der Waals surface area contributed by atoms with E-state index < -0.39 is 5.97 Å². The van der Waals surface area contributed by atoms with Gasteiger partial charge in [0.15, 0.2) is 0 Å². The molecule has 19 heavy (non-hydrogen) atoms. The molecule has 0 atom stereocenters. The number of carboxylic acid groups (broad SMARTS) is 1. The quantitative estimate of drug-likeness (QED) is 0.809. The first-order chi connectivity index (χ1) is 8.91. The fourth-order valence-corrected chi connectivity index (χ4v) is 2.63. The molecule has 0 radical (unpaired) electrons. The van der Waals surface area contributed by atoms with Gasteiger partial charge in [-0.25, -0.2) is 4.79 Å². The van der Waals surface area contributed by atoms with Gasteiger partial charge in [0.2, 0.25) is 5.91 Å². The lowest BCUT2D eigenvalue weighted by Crippen LogP contribution is -2.39. The number of primary amides is 1. The highest BCUT2D eigenvalue weighted by Crippen LogP contribution is 2.27. The molecule has 1 aliphatic heterocycles. The zero-order chi connectivity index (χ0) is 14.2. The monoisotopic (exact) mass is 266 g/mol. The van der Waals surface area contributed by atoms with E-state index in [0.717, 1.165) is 0 Å². The predicted molar refractivity (Wildman–Crippen MR) is 69.0 cm³/mol. The molecule has 1 saturated heterocycles. The third kappa shape index (κ3) is 2.40. The van der Waals surface area contributed by atoms with Crippen molar-refractivity contribution in [1.82, 2.24) is 9.78 Å². The first-order valence-corrected chi connectivity index (χ1v) is 6.23. The number of rotatable bonds is 3. The standard InChI is InChI=1S/C12H18N4O3/c1-7-9(12(18)19)11(15(2)14-7)16-5-3-8(4-6-16)10(13)17/h8H,3-6H2,1-2H3,(H2,13,17)(H,18,19). The van der Waals surface area contributed by atoms with Gasteiger partial charge >= 0.3 is 5.97 Å². The van der Waals surface area contributed by atoms with Crippen molar-refractivity contribution in [3.8, 4) is 0 Å². The molecule has 7 nitrogen and oxygen atoms in total. The molecule has 0 saturated carbocycles. The lowest BCUT2D eigenvalue weighted by atomic mass is 9.96. The summed E-state index contributed by atoms with van der Waals surface area (Å²) >= 11 is 0. The van der Waals surface area contributed by atoms with Gasteiger partial charge in [-0.2, -0.15) is 5.10 Å². The fourth-order valence-electron chi connectivity index (χ4n) is 2.63. The molecule has 1 aliphatic rings. The molecule has 0 spiro atoms. The van der Waals surface area contributed by atoms with Crippen LogP contribution in [0.1, 0.15) is 28.9 Å². The fraction of sp³-hybridized carbons (Fsp3) is 0.583. The van der Waals surface area contributed by atoms with E-state index in [9.17, 15) is 14.7 Å². The minimum atomic E-state index is -0.974. The van der Waals surface area contributed by atoms with Crippen molar-refractivity contribution < 1.29 is 14.7 Å². The second-order valence-electron chi connectivity index (χ2n) is 4.88. The molecule has 0 unspecified atom stereocenters. The Morgan fingerprint density at radius 3 is 2.42 bits per heavy atom. The first kappa shape index (κ1) is 13.4. The van der Waals surface area contributed by atoms with Crippen LogP contribution in [-0.2, 0) is 11.8 Å². The molecular formula is C12H18N4O3. The second-order valence-corrected chi connectivity index (χ2v) is 4.88. The van der Waals surface area contributed by atoms with Gasteiger partial charge in [-0.1, -0.05) is 0 Å². The zero-order valence-electron chi connectivity index (χ0n) is 11.1. The number of nitrogens with two attached hydrogens (primary N) is 1. The van der Waals surface area contributed by atoms with Gasteiger partial charge in [-0.3, -0.25) is 9.48 Å². The molecule has 0 aromatic carbocycles. The van der Waals surface area contributed by atoms with Crippen LogP contribution >= 0.6 is 0 Å². The van der Waals surface area contributed by atoms with Crippen LogP contribution in [0.5, 0.6) is 0 Å². The minimum absolute atomic E-state index is 0.112. The van der Waals surface area contributed by atoms with E-state index in [-0.39, 0.29) is 17.4 Å². The topological polar surface area (TPSA) is 101 Å². The van der Waals surface area contributed by atoms with Crippen LogP contribution < -0.4 is 10.6 Å². The molecule has 1 aromatic rings. The molecule has 1 amide bonds. The van der Waals surface area contributed by atoms with Gasteiger partial charge in [0.25, 0.3) is 0 Å². The zero-order valence-corrected chi connectivity index (χ0v) is 11.1. The van der Waals surface area contributed by atoms with Crippen molar-refractivity contribution in [3.63, 3.8) is 0 Å². The number of aromatic nitrogens is 2. The number of amides is 1. The van der Waals surface area contributed by atoms with Gasteiger partial charge in [0.1, 0.15) is 11.4 Å². The Kier molecular flexibility index (Phi) is 3.46. The highest BCUT2D eigenvalue weighted by Gasteiger charge is 2.29. The van der Waals surface area contributed by atoms with Crippen LogP contribution in [0.4, 0.5) is 5.82 Å². The van der Waals surface area contributed by atoms with Crippen molar-refractivity contribution in [3.05, 3.63) is 11.3 Å². The summed E-state index contributed by atoms with van der Waals surface area (Å²) in [6, 6.07) is 0. The Morgan fingerprint density at radius 2 is 1.95 bits per heavy atom. The number of hydrogen-bond acceptors (Lipinski definition) is 4. The number of carbonyl (C=O) groups excluding carboxylic acids is 1. The third-order valence-electron chi connectivity index (χ3n) is 3.60. The average Bonchev–Trinajstić information content (AvgIpc) is 2.64. The molecule has 7 heteroatoms. The van der Waals surface area contributed by atoms with Crippen LogP contribution in [0.2, 0.25) is 0 Å². The van der Waals surface area contributed by atoms with Crippen molar-refractivity contribution in [2.45, 2.75) is 19.8 Å². The predicted octanol–water partition coefficient (Wildman–Crippen LogP) is 0.128. The van der Waals surface area contributed by atoms with E-state index in [2.05, 4.69) is 5.10 Å². The van der Waals surface area contributed by atoms with Crippen molar-refractivity contribution in [2.24, 2.45) is 18.7 Å². The number of hydrogen-bond donors (Lipinski definition) is 2. The van der Waals surface area contributed by atoms with Gasteiger partial charge in [0, 0.05) is 26.1 Å². The van der Waals surface area contributed by atoms with Crippen molar-refractivity contribution in [1.29, 1.82) is 0 Å². The number of anilines is 1. The maximum absolute atomic E-state index is 11.3. The highest BCUT2D eigenvalue weighted by molar-refractivity contribution is 5.95. The van der Waals surface area contributed by atoms with E-state index in [1.807, 2.05) is 4.90 Å². The minimum Gasteiger partial charge on any atom is -0.477 e. The van der Waals surface area contributed by atoms with Gasteiger partial charge in [0.05, 0.1) is 5.69 Å². The number of aromatic carboxylic acids is 1. The Bertz CT molecular complexity index is 515.